The van der Waals surface area contributed by atoms with E-state index in [0.717, 1.165) is 14.2 Å². The predicted octanol–water partition coefficient (Wildman–Crippen LogP) is -0.529. The minimum Gasteiger partial charge on any atom is -0.468 e. The summed E-state index contributed by atoms with van der Waals surface area (Å²) in [6, 6.07) is 0. The van der Waals surface area contributed by atoms with Crippen molar-refractivity contribution >= 4 is 22.3 Å². The Morgan fingerprint density at radius 3 is 2.29 bits per heavy atom. The average molecular weight is 268 g/mol. The second-order valence-electron chi connectivity index (χ2n) is 3.39. The predicted molar refractivity (Wildman–Crippen MR) is 58.3 cm³/mol. The molecule has 0 spiro atoms. The first kappa shape index (κ1) is 15.7. The molecule has 0 fully saturated rings. The summed E-state index contributed by atoms with van der Waals surface area (Å²) in [6.45, 7) is 2.65. The van der Waals surface area contributed by atoms with E-state index in [1.165, 1.54) is 0 Å². The third-order valence-electron chi connectivity index (χ3n) is 1.54. The number of likely N-dealkylation sites (N-methyl/N-ethyl adjacent to an activating group) is 1. The highest BCUT2D eigenvalue weighted by Crippen LogP contribution is 1.96. The molecule has 0 saturated heterocycles. The lowest BCUT2D eigenvalue weighted by Crippen LogP contribution is -2.44. The average Bonchev–Trinajstić information content (AvgIpc) is 2.14. The Balaban J connectivity index is 4.47. The van der Waals surface area contributed by atoms with Gasteiger partial charge < -0.3 is 9.47 Å². The van der Waals surface area contributed by atoms with Gasteiger partial charge in [0.15, 0.2) is 0 Å². The molecule has 9 heteroatoms. The third kappa shape index (κ3) is 6.07. The Morgan fingerprint density at radius 2 is 1.88 bits per heavy atom. The van der Waals surface area contributed by atoms with Crippen LogP contribution in [-0.4, -0.2) is 51.6 Å². The number of rotatable bonds is 5. The molecule has 0 saturated carbocycles. The maximum Gasteiger partial charge on any atom is 0.422 e. The molecular formula is C8H16N2O6S. The van der Waals surface area contributed by atoms with E-state index in [0.29, 0.717) is 4.31 Å². The van der Waals surface area contributed by atoms with Gasteiger partial charge in [-0.15, -0.1) is 0 Å². The molecule has 0 rings (SSSR count). The summed E-state index contributed by atoms with van der Waals surface area (Å²) in [4.78, 5) is 21.9. The van der Waals surface area contributed by atoms with E-state index in [1.807, 2.05) is 0 Å². The Morgan fingerprint density at radius 1 is 1.35 bits per heavy atom. The lowest BCUT2D eigenvalue weighted by atomic mass is 10.5. The quantitative estimate of drug-likeness (QED) is 0.672. The number of amides is 1. The van der Waals surface area contributed by atoms with E-state index >= 15 is 0 Å². The number of carbonyl (C=O) groups is 2. The van der Waals surface area contributed by atoms with Crippen molar-refractivity contribution in [1.29, 1.82) is 0 Å². The van der Waals surface area contributed by atoms with Gasteiger partial charge in [-0.1, -0.05) is 0 Å². The van der Waals surface area contributed by atoms with Crippen molar-refractivity contribution in [1.82, 2.24) is 9.03 Å². The monoisotopic (exact) mass is 268 g/mol. The van der Waals surface area contributed by atoms with Gasteiger partial charge in [0.25, 0.3) is 0 Å². The molecule has 0 aromatic rings. The van der Waals surface area contributed by atoms with E-state index in [-0.39, 0.29) is 0 Å². The fraction of sp³-hybridized carbons (Fsp3) is 0.750. The minimum atomic E-state index is -4.10. The summed E-state index contributed by atoms with van der Waals surface area (Å²) >= 11 is 0. The Bertz CT molecular complexity index is 377. The molecule has 0 atom stereocenters. The van der Waals surface area contributed by atoms with E-state index < -0.39 is 34.9 Å². The molecule has 0 bridgehead atoms. The molecule has 1 N–H and O–H groups in total. The zero-order valence-electron chi connectivity index (χ0n) is 10.1. The number of methoxy groups -OCH3 is 1. The highest BCUT2D eigenvalue weighted by Gasteiger charge is 2.24. The summed E-state index contributed by atoms with van der Waals surface area (Å²) in [7, 11) is -1.85. The molecule has 100 valence electrons. The summed E-state index contributed by atoms with van der Waals surface area (Å²) in [6.07, 6.45) is -1.55. The first-order chi connectivity index (χ1) is 7.69. The lowest BCUT2D eigenvalue weighted by molar-refractivity contribution is -0.140. The number of ether oxygens (including phenoxy) is 2. The molecule has 1 amide bonds. The van der Waals surface area contributed by atoms with E-state index in [9.17, 15) is 18.0 Å². The van der Waals surface area contributed by atoms with Crippen LogP contribution in [-0.2, 0) is 24.5 Å². The second-order valence-corrected chi connectivity index (χ2v) is 5.17. The van der Waals surface area contributed by atoms with Crippen LogP contribution in [0.2, 0.25) is 0 Å². The number of esters is 1. The summed E-state index contributed by atoms with van der Waals surface area (Å²) in [5, 5.41) is 0. The number of hydrogen-bond acceptors (Lipinski definition) is 6. The van der Waals surface area contributed by atoms with E-state index in [4.69, 9.17) is 0 Å². The van der Waals surface area contributed by atoms with Crippen LogP contribution in [0.5, 0.6) is 0 Å². The molecule has 17 heavy (non-hydrogen) atoms. The number of nitrogens with one attached hydrogen (secondary N) is 1. The summed E-state index contributed by atoms with van der Waals surface area (Å²) < 4.78 is 34.1. The number of carbonyl (C=O) groups excluding carboxylic acids is 2. The molecule has 0 aromatic heterocycles. The molecule has 0 radical (unpaired) electrons. The van der Waals surface area contributed by atoms with Crippen molar-refractivity contribution in [3.63, 3.8) is 0 Å². The fourth-order valence-electron chi connectivity index (χ4n) is 0.753. The van der Waals surface area contributed by atoms with Gasteiger partial charge in [0.2, 0.25) is 0 Å². The highest BCUT2D eigenvalue weighted by molar-refractivity contribution is 7.87. The van der Waals surface area contributed by atoms with E-state index in [1.54, 1.807) is 18.6 Å². The van der Waals surface area contributed by atoms with Gasteiger partial charge in [-0.05, 0) is 13.8 Å². The Hall–Kier alpha value is -1.35. The van der Waals surface area contributed by atoms with Crippen LogP contribution in [0.3, 0.4) is 0 Å². The normalized spacial score (nSPS) is 11.4. The van der Waals surface area contributed by atoms with Crippen LogP contribution in [0.4, 0.5) is 4.79 Å². The van der Waals surface area contributed by atoms with Gasteiger partial charge in [0.1, 0.15) is 6.54 Å². The number of hydrogen-bond donors (Lipinski definition) is 1. The second kappa shape index (κ2) is 6.40. The fourth-order valence-corrected chi connectivity index (χ4v) is 1.44. The molecule has 0 aliphatic heterocycles. The maximum absolute atomic E-state index is 11.5. The zero-order chi connectivity index (χ0) is 13.6. The van der Waals surface area contributed by atoms with E-state index in [2.05, 4.69) is 9.47 Å². The van der Waals surface area contributed by atoms with Crippen LogP contribution >= 0.6 is 0 Å². The molecule has 0 aliphatic rings. The van der Waals surface area contributed by atoms with Crippen molar-refractivity contribution < 1.29 is 27.5 Å². The summed E-state index contributed by atoms with van der Waals surface area (Å²) in [5.41, 5.74) is 0. The first-order valence-corrected chi connectivity index (χ1v) is 6.14. The van der Waals surface area contributed by atoms with Crippen molar-refractivity contribution in [3.8, 4) is 0 Å². The SMILES string of the molecule is COC(=O)CN(C)S(=O)(=O)NC(=O)OC(C)C. The molecule has 8 nitrogen and oxygen atoms in total. The van der Waals surface area contributed by atoms with Gasteiger partial charge in [0, 0.05) is 7.05 Å². The number of nitrogens with zero attached hydrogens (tertiary/aromatic N) is 1. The standard InChI is InChI=1S/C8H16N2O6S/c1-6(2)16-8(12)9-17(13,14)10(3)5-7(11)15-4/h6H,5H2,1-4H3,(H,9,12). The maximum atomic E-state index is 11.5. The van der Waals surface area contributed by atoms with Crippen molar-refractivity contribution in [2.45, 2.75) is 20.0 Å². The van der Waals surface area contributed by atoms with Gasteiger partial charge in [-0.25, -0.2) is 9.52 Å². The van der Waals surface area contributed by atoms with Gasteiger partial charge >= 0.3 is 22.3 Å². The smallest absolute Gasteiger partial charge is 0.422 e. The first-order valence-electron chi connectivity index (χ1n) is 4.70. The van der Waals surface area contributed by atoms with Crippen LogP contribution in [0.25, 0.3) is 0 Å². The van der Waals surface area contributed by atoms with Crippen molar-refractivity contribution in [2.75, 3.05) is 20.7 Å². The lowest BCUT2D eigenvalue weighted by Gasteiger charge is -2.16. The van der Waals surface area contributed by atoms with Gasteiger partial charge in [0.05, 0.1) is 13.2 Å². The molecule has 0 aromatic carbocycles. The van der Waals surface area contributed by atoms with Crippen LogP contribution in [0.1, 0.15) is 13.8 Å². The topological polar surface area (TPSA) is 102 Å². The van der Waals surface area contributed by atoms with Gasteiger partial charge in [-0.3, -0.25) is 4.79 Å². The summed E-state index contributed by atoms with van der Waals surface area (Å²) in [5.74, 6) is -0.741. The highest BCUT2D eigenvalue weighted by atomic mass is 32.2. The zero-order valence-corrected chi connectivity index (χ0v) is 10.9. The van der Waals surface area contributed by atoms with Crippen LogP contribution in [0.15, 0.2) is 0 Å². The minimum absolute atomic E-state index is 0.448. The largest absolute Gasteiger partial charge is 0.468 e. The Kier molecular flexibility index (Phi) is 5.89. The molecule has 0 unspecified atom stereocenters. The van der Waals surface area contributed by atoms with Crippen molar-refractivity contribution in [3.05, 3.63) is 0 Å². The molecule has 0 aliphatic carbocycles. The van der Waals surface area contributed by atoms with Crippen molar-refractivity contribution in [2.24, 2.45) is 0 Å². The third-order valence-corrected chi connectivity index (χ3v) is 2.92. The molecule has 0 heterocycles. The molecular weight excluding hydrogens is 252 g/mol. The van der Waals surface area contributed by atoms with Crippen LogP contribution in [0, 0.1) is 0 Å². The van der Waals surface area contributed by atoms with Crippen LogP contribution < -0.4 is 4.72 Å². The van der Waals surface area contributed by atoms with Gasteiger partial charge in [-0.2, -0.15) is 12.7 Å². The Labute approximate surface area is 100 Å².